The van der Waals surface area contributed by atoms with Gasteiger partial charge in [-0.15, -0.1) is 13.2 Å². The van der Waals surface area contributed by atoms with Gasteiger partial charge in [-0.25, -0.2) is 4.79 Å². The molecule has 6 nitrogen and oxygen atoms in total. The van der Waals surface area contributed by atoms with Gasteiger partial charge in [0.2, 0.25) is 0 Å². The van der Waals surface area contributed by atoms with E-state index in [0.29, 0.717) is 18.7 Å². The highest BCUT2D eigenvalue weighted by Crippen LogP contribution is 2.22. The van der Waals surface area contributed by atoms with Crippen molar-refractivity contribution in [2.75, 3.05) is 20.3 Å². The van der Waals surface area contributed by atoms with Crippen molar-refractivity contribution in [2.24, 2.45) is 0 Å². The van der Waals surface area contributed by atoms with Gasteiger partial charge in [-0.2, -0.15) is 0 Å². The molecular formula is C16H18F3NO5. The minimum absolute atomic E-state index is 0.291. The van der Waals surface area contributed by atoms with E-state index in [2.05, 4.69) is 10.1 Å². The van der Waals surface area contributed by atoms with Gasteiger partial charge in [-0.1, -0.05) is 12.1 Å². The van der Waals surface area contributed by atoms with Crippen molar-refractivity contribution >= 4 is 18.0 Å². The number of rotatable bonds is 8. The van der Waals surface area contributed by atoms with Crippen LogP contribution >= 0.6 is 0 Å². The Morgan fingerprint density at radius 2 is 1.88 bits per heavy atom. The number of alkyl halides is 3. The summed E-state index contributed by atoms with van der Waals surface area (Å²) in [5.74, 6) is -1.59. The lowest BCUT2D eigenvalue weighted by Gasteiger charge is -2.12. The molecular weight excluding hydrogens is 343 g/mol. The van der Waals surface area contributed by atoms with Gasteiger partial charge in [-0.05, 0) is 30.7 Å². The second kappa shape index (κ2) is 9.67. The molecule has 1 aromatic carbocycles. The van der Waals surface area contributed by atoms with Crippen molar-refractivity contribution in [2.45, 2.75) is 19.4 Å². The smallest absolute Gasteiger partial charge is 0.449 e. The molecule has 0 saturated carbocycles. The van der Waals surface area contributed by atoms with E-state index in [4.69, 9.17) is 9.47 Å². The van der Waals surface area contributed by atoms with Gasteiger partial charge in [0.05, 0.1) is 6.61 Å². The molecule has 0 aliphatic rings. The molecule has 0 radical (unpaired) electrons. The third-order valence-electron chi connectivity index (χ3n) is 2.79. The summed E-state index contributed by atoms with van der Waals surface area (Å²) in [5, 5.41) is 2.52. The van der Waals surface area contributed by atoms with Crippen molar-refractivity contribution in [3.63, 3.8) is 0 Å². The first-order valence-corrected chi connectivity index (χ1v) is 7.22. The van der Waals surface area contributed by atoms with E-state index in [0.717, 1.165) is 18.2 Å². The summed E-state index contributed by atoms with van der Waals surface area (Å²) in [4.78, 5) is 23.2. The Balaban J connectivity index is 2.49. The molecule has 1 rings (SSSR count). The largest absolute Gasteiger partial charge is 0.573 e. The summed E-state index contributed by atoms with van der Waals surface area (Å²) < 4.78 is 49.5. The molecule has 0 fully saturated rings. The van der Waals surface area contributed by atoms with E-state index in [1.54, 1.807) is 0 Å². The zero-order chi connectivity index (χ0) is 18.9. The summed E-state index contributed by atoms with van der Waals surface area (Å²) >= 11 is 0. The summed E-state index contributed by atoms with van der Waals surface area (Å²) in [6.45, 7) is 2.04. The van der Waals surface area contributed by atoms with Crippen LogP contribution in [0.5, 0.6) is 5.75 Å². The third-order valence-corrected chi connectivity index (χ3v) is 2.79. The Morgan fingerprint density at radius 1 is 1.24 bits per heavy atom. The van der Waals surface area contributed by atoms with Gasteiger partial charge >= 0.3 is 12.3 Å². The zero-order valence-electron chi connectivity index (χ0n) is 13.6. The van der Waals surface area contributed by atoms with Gasteiger partial charge in [-0.3, -0.25) is 4.79 Å². The fourth-order valence-corrected chi connectivity index (χ4v) is 1.63. The Morgan fingerprint density at radius 3 is 2.44 bits per heavy atom. The predicted octanol–water partition coefficient (Wildman–Crippen LogP) is 2.29. The second-order valence-electron chi connectivity index (χ2n) is 4.81. The first-order valence-electron chi connectivity index (χ1n) is 7.22. The Kier molecular flexibility index (Phi) is 7.93. The fourth-order valence-electron chi connectivity index (χ4n) is 1.63. The highest BCUT2D eigenvalue weighted by atomic mass is 19.4. The molecule has 138 valence electrons. The highest BCUT2D eigenvalue weighted by Gasteiger charge is 2.30. The maximum absolute atomic E-state index is 12.0. The Hall–Kier alpha value is -2.55. The maximum Gasteiger partial charge on any atom is 0.573 e. The van der Waals surface area contributed by atoms with Crippen molar-refractivity contribution in [1.29, 1.82) is 0 Å². The van der Waals surface area contributed by atoms with Gasteiger partial charge in [0.25, 0.3) is 5.91 Å². The quantitative estimate of drug-likeness (QED) is 0.437. The third kappa shape index (κ3) is 8.75. The van der Waals surface area contributed by atoms with E-state index in [1.165, 1.54) is 32.2 Å². The lowest BCUT2D eigenvalue weighted by atomic mass is 10.2. The second-order valence-corrected chi connectivity index (χ2v) is 4.81. The van der Waals surface area contributed by atoms with E-state index < -0.39 is 24.3 Å². The minimum Gasteiger partial charge on any atom is -0.449 e. The van der Waals surface area contributed by atoms with Crippen molar-refractivity contribution in [3.05, 3.63) is 35.9 Å². The molecule has 0 unspecified atom stereocenters. The number of carbonyl (C=O) groups is 2. The Bertz CT molecular complexity index is 599. The van der Waals surface area contributed by atoms with Crippen LogP contribution in [0, 0.1) is 0 Å². The van der Waals surface area contributed by atoms with Crippen molar-refractivity contribution < 1.29 is 37.0 Å². The van der Waals surface area contributed by atoms with Gasteiger partial charge in [0.1, 0.15) is 5.75 Å². The fraction of sp³-hybridized carbons (Fsp3) is 0.375. The lowest BCUT2D eigenvalue weighted by molar-refractivity contribution is -0.274. The summed E-state index contributed by atoms with van der Waals surface area (Å²) in [6, 6.07) is 4.91. The lowest BCUT2D eigenvalue weighted by Crippen LogP contribution is -2.37. The maximum atomic E-state index is 12.0. The molecule has 1 atom stereocenters. The molecule has 0 aliphatic heterocycles. The van der Waals surface area contributed by atoms with Crippen LogP contribution in [0.1, 0.15) is 12.5 Å². The number of esters is 1. The monoisotopic (exact) mass is 361 g/mol. The molecule has 9 heteroatoms. The number of hydrogen-bond acceptors (Lipinski definition) is 5. The first-order chi connectivity index (χ1) is 11.7. The number of methoxy groups -OCH3 is 1. The highest BCUT2D eigenvalue weighted by molar-refractivity contribution is 5.90. The Labute approximate surface area is 142 Å². The first kappa shape index (κ1) is 20.5. The molecule has 1 amide bonds. The molecule has 0 bridgehead atoms. The van der Waals surface area contributed by atoms with Gasteiger partial charge < -0.3 is 19.5 Å². The van der Waals surface area contributed by atoms with Crippen molar-refractivity contribution in [3.8, 4) is 5.75 Å². The minimum atomic E-state index is -4.76. The summed E-state index contributed by atoms with van der Waals surface area (Å²) in [5.41, 5.74) is 0.462. The number of carbonyl (C=O) groups excluding carboxylic acids is 2. The molecule has 1 N–H and O–H groups in total. The number of halogens is 3. The number of hydrogen-bond donors (Lipinski definition) is 1. The van der Waals surface area contributed by atoms with Crippen LogP contribution in [0.3, 0.4) is 0 Å². The molecule has 0 spiro atoms. The van der Waals surface area contributed by atoms with Gasteiger partial charge in [0.15, 0.2) is 6.10 Å². The topological polar surface area (TPSA) is 73.9 Å². The zero-order valence-corrected chi connectivity index (χ0v) is 13.6. The van der Waals surface area contributed by atoms with Gasteiger partial charge in [0, 0.05) is 19.7 Å². The standard InChI is InChI=1S/C16H18F3NO5/c1-11(15(22)20-9-10-23-2)24-14(21)8-5-12-3-6-13(7-4-12)25-16(17,18)19/h3-8,11H,9-10H2,1-2H3,(H,20,22)/b8-5+/t11-/m0/s1. The van der Waals surface area contributed by atoms with Crippen LogP contribution in [0.4, 0.5) is 13.2 Å². The molecule has 0 aromatic heterocycles. The van der Waals surface area contributed by atoms with E-state index in [-0.39, 0.29) is 5.75 Å². The van der Waals surface area contributed by atoms with E-state index >= 15 is 0 Å². The molecule has 25 heavy (non-hydrogen) atoms. The molecule has 0 saturated heterocycles. The average molecular weight is 361 g/mol. The summed E-state index contributed by atoms with van der Waals surface area (Å²) in [7, 11) is 1.49. The average Bonchev–Trinajstić information content (AvgIpc) is 2.53. The van der Waals surface area contributed by atoms with Crippen LogP contribution in [-0.4, -0.2) is 44.6 Å². The predicted molar refractivity (Wildman–Crippen MR) is 82.6 cm³/mol. The van der Waals surface area contributed by atoms with E-state index in [1.807, 2.05) is 0 Å². The van der Waals surface area contributed by atoms with Crippen LogP contribution in [0.2, 0.25) is 0 Å². The van der Waals surface area contributed by atoms with Crippen LogP contribution < -0.4 is 10.1 Å². The van der Waals surface area contributed by atoms with Crippen LogP contribution in [0.15, 0.2) is 30.3 Å². The number of benzene rings is 1. The number of amides is 1. The molecule has 1 aromatic rings. The van der Waals surface area contributed by atoms with Crippen LogP contribution in [0.25, 0.3) is 6.08 Å². The summed E-state index contributed by atoms with van der Waals surface area (Å²) in [6.07, 6.45) is -3.34. The number of ether oxygens (including phenoxy) is 3. The molecule has 0 aliphatic carbocycles. The van der Waals surface area contributed by atoms with E-state index in [9.17, 15) is 22.8 Å². The van der Waals surface area contributed by atoms with Crippen LogP contribution in [-0.2, 0) is 19.1 Å². The molecule has 0 heterocycles. The normalized spacial score (nSPS) is 12.7. The van der Waals surface area contributed by atoms with Crippen molar-refractivity contribution in [1.82, 2.24) is 5.32 Å². The SMILES string of the molecule is COCCNC(=O)[C@H](C)OC(=O)/C=C/c1ccc(OC(F)(F)F)cc1. The number of nitrogens with one attached hydrogen (secondary N) is 1.